The standard InChI is InChI=1S/C24H18FN5O/c1-14-4-9-19-18(11-14)21-20(23(31-19)15-5-7-17(25)8-6-15)22(16-3-2-10-26-12-16)30-24(29-21)27-13-28-30/h2-13,22-23H,1H3,(H,27,28,29)/t22-,23-/m0/s1. The number of aryl methyl sites for hydroxylation is 1. The number of nitrogens with zero attached hydrogens (tertiary/aromatic N) is 4. The first kappa shape index (κ1) is 17.8. The van der Waals surface area contributed by atoms with E-state index >= 15 is 0 Å². The maximum Gasteiger partial charge on any atom is 0.226 e. The number of hydrogen-bond donors (Lipinski definition) is 1. The van der Waals surface area contributed by atoms with Crippen LogP contribution in [-0.2, 0) is 0 Å². The Balaban J connectivity index is 1.64. The molecule has 0 bridgehead atoms. The Labute approximate surface area is 178 Å². The summed E-state index contributed by atoms with van der Waals surface area (Å²) < 4.78 is 22.0. The maximum atomic E-state index is 13.7. The van der Waals surface area contributed by atoms with Gasteiger partial charge in [0.2, 0.25) is 5.95 Å². The molecule has 0 fully saturated rings. The molecule has 0 saturated heterocycles. The minimum atomic E-state index is -0.430. The van der Waals surface area contributed by atoms with Gasteiger partial charge in [0, 0.05) is 23.5 Å². The van der Waals surface area contributed by atoms with Gasteiger partial charge < -0.3 is 10.1 Å². The number of benzene rings is 2. The van der Waals surface area contributed by atoms with Gasteiger partial charge in [-0.15, -0.1) is 0 Å². The topological polar surface area (TPSA) is 64.9 Å². The van der Waals surface area contributed by atoms with Gasteiger partial charge >= 0.3 is 0 Å². The summed E-state index contributed by atoms with van der Waals surface area (Å²) >= 11 is 0. The lowest BCUT2D eigenvalue weighted by Crippen LogP contribution is -2.32. The summed E-state index contributed by atoms with van der Waals surface area (Å²) in [6.07, 6.45) is 4.69. The predicted molar refractivity (Wildman–Crippen MR) is 114 cm³/mol. The molecule has 2 aromatic carbocycles. The number of aromatic nitrogens is 4. The van der Waals surface area contributed by atoms with Crippen molar-refractivity contribution in [1.82, 2.24) is 19.7 Å². The third-order valence-corrected chi connectivity index (χ3v) is 5.74. The molecule has 0 spiro atoms. The van der Waals surface area contributed by atoms with Gasteiger partial charge in [-0.05, 0) is 48.4 Å². The number of halogens is 1. The van der Waals surface area contributed by atoms with E-state index in [1.807, 2.05) is 35.1 Å². The summed E-state index contributed by atoms with van der Waals surface area (Å²) in [6, 6.07) is 16.2. The van der Waals surface area contributed by atoms with Gasteiger partial charge in [-0.2, -0.15) is 10.1 Å². The zero-order valence-electron chi connectivity index (χ0n) is 16.7. The number of hydrogen-bond acceptors (Lipinski definition) is 5. The van der Waals surface area contributed by atoms with Crippen LogP contribution >= 0.6 is 0 Å². The van der Waals surface area contributed by atoms with Crippen molar-refractivity contribution in [3.63, 3.8) is 0 Å². The van der Waals surface area contributed by atoms with Crippen molar-refractivity contribution in [1.29, 1.82) is 0 Å². The molecule has 0 amide bonds. The van der Waals surface area contributed by atoms with Crippen molar-refractivity contribution in [2.24, 2.45) is 0 Å². The molecule has 0 saturated carbocycles. The van der Waals surface area contributed by atoms with Crippen LogP contribution in [0.4, 0.5) is 10.3 Å². The number of fused-ring (bicyclic) bond motifs is 3. The number of anilines is 1. The van der Waals surface area contributed by atoms with Gasteiger partial charge in [-0.25, -0.2) is 9.07 Å². The third-order valence-electron chi connectivity index (χ3n) is 5.74. The molecular weight excluding hydrogens is 393 g/mol. The minimum Gasteiger partial charge on any atom is -0.480 e. The second kappa shape index (κ2) is 6.77. The van der Waals surface area contributed by atoms with Crippen molar-refractivity contribution in [3.8, 4) is 5.75 Å². The lowest BCUT2D eigenvalue weighted by atomic mass is 9.85. The molecule has 4 heterocycles. The normalized spacial score (nSPS) is 19.0. The van der Waals surface area contributed by atoms with Crippen LogP contribution in [0.3, 0.4) is 0 Å². The molecule has 152 valence electrons. The quantitative estimate of drug-likeness (QED) is 0.519. The number of rotatable bonds is 2. The molecule has 31 heavy (non-hydrogen) atoms. The average molecular weight is 411 g/mol. The summed E-state index contributed by atoms with van der Waals surface area (Å²) in [6.45, 7) is 2.05. The summed E-state index contributed by atoms with van der Waals surface area (Å²) in [4.78, 5) is 8.75. The average Bonchev–Trinajstić information content (AvgIpc) is 3.27. The zero-order valence-corrected chi connectivity index (χ0v) is 16.7. The van der Waals surface area contributed by atoms with E-state index in [1.54, 1.807) is 18.3 Å². The molecule has 6 nitrogen and oxygen atoms in total. The highest BCUT2D eigenvalue weighted by atomic mass is 19.1. The number of ether oxygens (including phenoxy) is 1. The van der Waals surface area contributed by atoms with Crippen LogP contribution in [0.5, 0.6) is 5.75 Å². The SMILES string of the molecule is Cc1ccc2c(c1)C1=C([C@H](c3ccc(F)cc3)O2)[C@H](c2cccnc2)n2ncnc2N1. The first-order chi connectivity index (χ1) is 15.2. The highest BCUT2D eigenvalue weighted by Gasteiger charge is 2.41. The van der Waals surface area contributed by atoms with Gasteiger partial charge in [0.15, 0.2) is 0 Å². The van der Waals surface area contributed by atoms with Crippen molar-refractivity contribution in [2.45, 2.75) is 19.1 Å². The Morgan fingerprint density at radius 2 is 1.94 bits per heavy atom. The van der Waals surface area contributed by atoms with E-state index in [0.29, 0.717) is 5.95 Å². The lowest BCUT2D eigenvalue weighted by Gasteiger charge is -2.39. The van der Waals surface area contributed by atoms with E-state index in [9.17, 15) is 4.39 Å². The first-order valence-electron chi connectivity index (χ1n) is 10.0. The van der Waals surface area contributed by atoms with E-state index in [4.69, 9.17) is 4.74 Å². The Hall–Kier alpha value is -4.00. The van der Waals surface area contributed by atoms with Gasteiger partial charge in [-0.3, -0.25) is 4.98 Å². The Morgan fingerprint density at radius 1 is 1.06 bits per heavy atom. The zero-order chi connectivity index (χ0) is 20.9. The van der Waals surface area contributed by atoms with Crippen molar-refractivity contribution >= 4 is 11.6 Å². The summed E-state index contributed by atoms with van der Waals surface area (Å²) in [5, 5.41) is 7.95. The molecule has 4 aromatic rings. The van der Waals surface area contributed by atoms with Crippen LogP contribution < -0.4 is 10.1 Å². The third kappa shape index (κ3) is 2.81. The first-order valence-corrected chi connectivity index (χ1v) is 10.0. The van der Waals surface area contributed by atoms with Gasteiger partial charge in [0.05, 0.1) is 5.70 Å². The molecule has 0 radical (unpaired) electrons. The summed E-state index contributed by atoms with van der Waals surface area (Å²) in [7, 11) is 0. The second-order valence-corrected chi connectivity index (χ2v) is 7.72. The van der Waals surface area contributed by atoms with Crippen molar-refractivity contribution < 1.29 is 9.13 Å². The number of pyridine rings is 1. The molecule has 6 rings (SSSR count). The van der Waals surface area contributed by atoms with Crippen LogP contribution in [0.1, 0.15) is 34.4 Å². The Morgan fingerprint density at radius 3 is 2.74 bits per heavy atom. The maximum absolute atomic E-state index is 13.7. The van der Waals surface area contributed by atoms with Crippen LogP contribution in [0, 0.1) is 12.7 Å². The predicted octanol–water partition coefficient (Wildman–Crippen LogP) is 4.68. The second-order valence-electron chi connectivity index (χ2n) is 7.72. The minimum absolute atomic E-state index is 0.272. The van der Waals surface area contributed by atoms with Crippen LogP contribution in [-0.4, -0.2) is 19.7 Å². The highest BCUT2D eigenvalue weighted by molar-refractivity contribution is 5.85. The molecule has 2 aliphatic rings. The molecule has 2 atom stereocenters. The van der Waals surface area contributed by atoms with Gasteiger partial charge in [0.25, 0.3) is 0 Å². The molecule has 2 aromatic heterocycles. The van der Waals surface area contributed by atoms with Crippen LogP contribution in [0.15, 0.2) is 78.9 Å². The van der Waals surface area contributed by atoms with Crippen molar-refractivity contribution in [2.75, 3.05) is 5.32 Å². The molecular formula is C24H18FN5O. The lowest BCUT2D eigenvalue weighted by molar-refractivity contribution is 0.223. The molecule has 0 unspecified atom stereocenters. The van der Waals surface area contributed by atoms with Crippen molar-refractivity contribution in [3.05, 3.63) is 107 Å². The summed E-state index contributed by atoms with van der Waals surface area (Å²) in [5.74, 6) is 1.14. The fraction of sp³-hybridized carbons (Fsp3) is 0.125. The molecule has 7 heteroatoms. The van der Waals surface area contributed by atoms with E-state index in [-0.39, 0.29) is 11.9 Å². The van der Waals surface area contributed by atoms with Gasteiger partial charge in [0.1, 0.15) is 30.0 Å². The largest absolute Gasteiger partial charge is 0.480 e. The van der Waals surface area contributed by atoms with E-state index in [1.165, 1.54) is 18.5 Å². The van der Waals surface area contributed by atoms with Gasteiger partial charge in [-0.1, -0.05) is 29.8 Å². The fourth-order valence-corrected chi connectivity index (χ4v) is 4.35. The van der Waals surface area contributed by atoms with E-state index in [2.05, 4.69) is 33.4 Å². The monoisotopic (exact) mass is 411 g/mol. The van der Waals surface area contributed by atoms with E-state index < -0.39 is 6.10 Å². The molecule has 0 aliphatic carbocycles. The summed E-state index contributed by atoms with van der Waals surface area (Å²) in [5.41, 5.74) is 5.84. The Bertz CT molecular complexity index is 1310. The smallest absolute Gasteiger partial charge is 0.226 e. The Kier molecular flexibility index (Phi) is 3.89. The van der Waals surface area contributed by atoms with Crippen LogP contribution in [0.25, 0.3) is 5.70 Å². The number of nitrogens with one attached hydrogen (secondary N) is 1. The van der Waals surface area contributed by atoms with Crippen LogP contribution in [0.2, 0.25) is 0 Å². The fourth-order valence-electron chi connectivity index (χ4n) is 4.35. The van der Waals surface area contributed by atoms with E-state index in [0.717, 1.165) is 39.3 Å². The molecule has 2 aliphatic heterocycles. The highest BCUT2D eigenvalue weighted by Crippen LogP contribution is 2.50. The molecule has 1 N–H and O–H groups in total.